The van der Waals surface area contributed by atoms with Crippen LogP contribution in [0.3, 0.4) is 0 Å². The molecule has 1 aliphatic rings. The zero-order valence-electron chi connectivity index (χ0n) is 21.6. The highest BCUT2D eigenvalue weighted by atomic mass is 32.1. The Morgan fingerprint density at radius 2 is 1.74 bits per heavy atom. The predicted molar refractivity (Wildman–Crippen MR) is 151 cm³/mol. The van der Waals surface area contributed by atoms with E-state index in [1.165, 1.54) is 17.8 Å². The minimum Gasteiger partial charge on any atom is -0.497 e. The van der Waals surface area contributed by atoms with E-state index in [1.807, 2.05) is 78.2 Å². The molecule has 196 valence electrons. The molecule has 2 aromatic carbocycles. The maximum absolute atomic E-state index is 14.1. The Balaban J connectivity index is 1.49. The second kappa shape index (κ2) is 12.1. The molecule has 2 aromatic heterocycles. The first-order valence-electron chi connectivity index (χ1n) is 13.1. The molecule has 0 saturated heterocycles. The lowest BCUT2D eigenvalue weighted by Gasteiger charge is -2.32. The fourth-order valence-electron chi connectivity index (χ4n) is 5.07. The molecule has 38 heavy (non-hydrogen) atoms. The summed E-state index contributed by atoms with van der Waals surface area (Å²) in [6.07, 6.45) is 5.40. The van der Waals surface area contributed by atoms with E-state index < -0.39 is 6.04 Å². The van der Waals surface area contributed by atoms with Gasteiger partial charge in [0.25, 0.3) is 5.91 Å². The number of rotatable bonds is 9. The van der Waals surface area contributed by atoms with Gasteiger partial charge in [-0.15, -0.1) is 11.3 Å². The summed E-state index contributed by atoms with van der Waals surface area (Å²) < 4.78 is 5.32. The number of nitrogens with zero attached hydrogens (tertiary/aromatic N) is 1. The van der Waals surface area contributed by atoms with Gasteiger partial charge >= 0.3 is 0 Å². The van der Waals surface area contributed by atoms with Gasteiger partial charge in [-0.2, -0.15) is 0 Å². The van der Waals surface area contributed by atoms with Gasteiger partial charge in [0, 0.05) is 23.2 Å². The van der Waals surface area contributed by atoms with Gasteiger partial charge in [-0.1, -0.05) is 67.8 Å². The molecule has 2 amide bonds. The number of nitrogens with one attached hydrogen (secondary N) is 2. The van der Waals surface area contributed by atoms with Gasteiger partial charge in [0.05, 0.1) is 7.11 Å². The highest BCUT2D eigenvalue weighted by Gasteiger charge is 2.34. The van der Waals surface area contributed by atoms with Crippen LogP contribution in [-0.2, 0) is 11.3 Å². The molecular weight excluding hydrogens is 494 g/mol. The van der Waals surface area contributed by atoms with E-state index >= 15 is 0 Å². The van der Waals surface area contributed by atoms with Crippen LogP contribution in [0, 0.1) is 0 Å². The average molecular weight is 528 g/mol. The van der Waals surface area contributed by atoms with Gasteiger partial charge in [0.2, 0.25) is 5.91 Å². The molecule has 2 heterocycles. The highest BCUT2D eigenvalue weighted by molar-refractivity contribution is 7.10. The maximum atomic E-state index is 14.1. The molecule has 1 fully saturated rings. The summed E-state index contributed by atoms with van der Waals surface area (Å²) in [6.45, 7) is 0.281. The Bertz CT molecular complexity index is 1330. The molecule has 7 heteroatoms. The third-order valence-corrected chi connectivity index (χ3v) is 8.02. The second-order valence-electron chi connectivity index (χ2n) is 9.69. The van der Waals surface area contributed by atoms with Crippen molar-refractivity contribution in [2.24, 2.45) is 0 Å². The third-order valence-electron chi connectivity index (χ3n) is 7.10. The molecule has 1 aliphatic carbocycles. The lowest BCUT2D eigenvalue weighted by Crippen LogP contribution is -2.46. The first-order chi connectivity index (χ1) is 18.6. The lowest BCUT2D eigenvalue weighted by molar-refractivity contribution is -0.127. The number of carbonyl (C=O) groups excluding carboxylic acids is 2. The molecule has 1 saturated carbocycles. The van der Waals surface area contributed by atoms with Crippen molar-refractivity contribution >= 4 is 23.2 Å². The Morgan fingerprint density at radius 3 is 2.42 bits per heavy atom. The number of aromatic amines is 1. The van der Waals surface area contributed by atoms with Crippen LogP contribution in [0.15, 0.2) is 84.2 Å². The number of H-pyrrole nitrogens is 1. The van der Waals surface area contributed by atoms with Crippen molar-refractivity contribution in [1.82, 2.24) is 15.2 Å². The van der Waals surface area contributed by atoms with Gasteiger partial charge in [-0.05, 0) is 59.7 Å². The van der Waals surface area contributed by atoms with Crippen LogP contribution in [-0.4, -0.2) is 34.8 Å². The fraction of sp³-hybridized carbons (Fsp3) is 0.290. The number of methoxy groups -OCH3 is 1. The number of hydrogen-bond donors (Lipinski definition) is 2. The fourth-order valence-corrected chi connectivity index (χ4v) is 5.90. The predicted octanol–water partition coefficient (Wildman–Crippen LogP) is 6.58. The quantitative estimate of drug-likeness (QED) is 0.258. The van der Waals surface area contributed by atoms with Crippen LogP contribution in [0.1, 0.15) is 59.1 Å². The average Bonchev–Trinajstić information content (AvgIpc) is 3.67. The maximum Gasteiger partial charge on any atom is 0.271 e. The van der Waals surface area contributed by atoms with Gasteiger partial charge in [0.1, 0.15) is 17.5 Å². The zero-order valence-corrected chi connectivity index (χ0v) is 22.4. The van der Waals surface area contributed by atoms with E-state index in [2.05, 4.69) is 10.3 Å². The highest BCUT2D eigenvalue weighted by Crippen LogP contribution is 2.31. The topological polar surface area (TPSA) is 74.4 Å². The normalized spacial score (nSPS) is 14.6. The lowest BCUT2D eigenvalue weighted by atomic mass is 9.95. The summed E-state index contributed by atoms with van der Waals surface area (Å²) in [5.74, 6) is 0.393. The van der Waals surface area contributed by atoms with Crippen molar-refractivity contribution in [1.29, 1.82) is 0 Å². The first kappa shape index (κ1) is 25.8. The Morgan fingerprint density at radius 1 is 0.974 bits per heavy atom. The van der Waals surface area contributed by atoms with E-state index in [0.29, 0.717) is 5.69 Å². The summed E-state index contributed by atoms with van der Waals surface area (Å²) in [4.78, 5) is 33.8. The monoisotopic (exact) mass is 527 g/mol. The van der Waals surface area contributed by atoms with Crippen molar-refractivity contribution in [2.45, 2.75) is 50.7 Å². The molecule has 0 aliphatic heterocycles. The smallest absolute Gasteiger partial charge is 0.271 e. The van der Waals surface area contributed by atoms with E-state index in [-0.39, 0.29) is 24.4 Å². The van der Waals surface area contributed by atoms with Crippen LogP contribution in [0.4, 0.5) is 0 Å². The minimum atomic E-state index is -0.741. The minimum absolute atomic E-state index is 0.129. The van der Waals surface area contributed by atoms with Crippen molar-refractivity contribution < 1.29 is 14.3 Å². The van der Waals surface area contributed by atoms with Crippen LogP contribution in [0.5, 0.6) is 5.75 Å². The van der Waals surface area contributed by atoms with Gasteiger partial charge in [-0.25, -0.2) is 0 Å². The largest absolute Gasteiger partial charge is 0.497 e. The third kappa shape index (κ3) is 6.00. The Kier molecular flexibility index (Phi) is 8.24. The molecule has 4 aromatic rings. The number of benzene rings is 2. The number of aromatic nitrogens is 1. The molecule has 0 spiro atoms. The zero-order chi connectivity index (χ0) is 26.3. The number of thiophene rings is 1. The Hall–Kier alpha value is -3.84. The van der Waals surface area contributed by atoms with Gasteiger partial charge < -0.3 is 19.9 Å². The van der Waals surface area contributed by atoms with E-state index in [4.69, 9.17) is 4.74 Å². The molecule has 0 radical (unpaired) electrons. The van der Waals surface area contributed by atoms with Crippen molar-refractivity contribution in [3.8, 4) is 17.0 Å². The molecule has 1 atom stereocenters. The summed E-state index contributed by atoms with van der Waals surface area (Å²) in [6, 6.07) is 24.5. The second-order valence-corrected chi connectivity index (χ2v) is 10.7. The van der Waals surface area contributed by atoms with Crippen molar-refractivity contribution in [3.63, 3.8) is 0 Å². The van der Waals surface area contributed by atoms with Gasteiger partial charge in [-0.3, -0.25) is 9.59 Å². The number of carbonyl (C=O) groups is 2. The van der Waals surface area contributed by atoms with Crippen LogP contribution < -0.4 is 10.1 Å². The Labute approximate surface area is 227 Å². The molecule has 1 unspecified atom stereocenters. The van der Waals surface area contributed by atoms with Gasteiger partial charge in [0.15, 0.2) is 0 Å². The molecule has 2 N–H and O–H groups in total. The molecule has 0 bridgehead atoms. The van der Waals surface area contributed by atoms with Crippen molar-refractivity contribution in [3.05, 3.63) is 100 Å². The summed E-state index contributed by atoms with van der Waals surface area (Å²) in [5, 5.41) is 5.23. The summed E-state index contributed by atoms with van der Waals surface area (Å²) >= 11 is 1.50. The molecule has 5 rings (SSSR count). The summed E-state index contributed by atoms with van der Waals surface area (Å²) in [5.41, 5.74) is 3.22. The van der Waals surface area contributed by atoms with Crippen LogP contribution in [0.25, 0.3) is 11.3 Å². The van der Waals surface area contributed by atoms with E-state index in [1.54, 1.807) is 18.1 Å². The van der Waals surface area contributed by atoms with E-state index in [9.17, 15) is 9.59 Å². The number of ether oxygens (including phenoxy) is 1. The summed E-state index contributed by atoms with van der Waals surface area (Å²) in [7, 11) is 1.63. The van der Waals surface area contributed by atoms with E-state index in [0.717, 1.165) is 53.1 Å². The SMILES string of the molecule is COc1ccc(CN(C(=O)c2ccc(-c3ccccc3)[nH]2)C(C(=O)NC2CCCCC2)c2cccs2)cc1. The first-order valence-corrected chi connectivity index (χ1v) is 14.0. The standard InChI is InChI=1S/C31H33N3O3S/c1-37-25-16-14-22(15-17-25)21-34(31(36)27-19-18-26(33-27)23-9-4-2-5-10-23)29(28-13-8-20-38-28)30(35)32-24-11-6-3-7-12-24/h2,4-5,8-10,13-20,24,29,33H,3,6-7,11-12,21H2,1H3,(H,32,35). The van der Waals surface area contributed by atoms with Crippen LogP contribution in [0.2, 0.25) is 0 Å². The van der Waals surface area contributed by atoms with Crippen molar-refractivity contribution in [2.75, 3.05) is 7.11 Å². The molecule has 6 nitrogen and oxygen atoms in total. The molecular formula is C31H33N3O3S. The number of hydrogen-bond acceptors (Lipinski definition) is 4. The van der Waals surface area contributed by atoms with Crippen LogP contribution >= 0.6 is 11.3 Å². The number of amides is 2.